The van der Waals surface area contributed by atoms with Gasteiger partial charge in [0, 0.05) is 25.7 Å². The number of likely N-dealkylation sites (tertiary alicyclic amines) is 1. The van der Waals surface area contributed by atoms with Crippen molar-refractivity contribution in [3.63, 3.8) is 0 Å². The Hall–Kier alpha value is -1.62. The lowest BCUT2D eigenvalue weighted by Crippen LogP contribution is -2.34. The summed E-state index contributed by atoms with van der Waals surface area (Å²) in [7, 11) is 0. The summed E-state index contributed by atoms with van der Waals surface area (Å²) >= 11 is 0. The molecule has 5 nitrogen and oxygen atoms in total. The number of nitrogens with zero attached hydrogens (tertiary/aromatic N) is 2. The van der Waals surface area contributed by atoms with Crippen LogP contribution in [-0.2, 0) is 6.54 Å². The number of hydrogen-bond acceptors (Lipinski definition) is 4. The van der Waals surface area contributed by atoms with Gasteiger partial charge in [-0.2, -0.15) is 0 Å². The maximum absolute atomic E-state index is 11.2. The molecule has 0 amide bonds. The number of rotatable bonds is 6. The van der Waals surface area contributed by atoms with Crippen LogP contribution in [0.3, 0.4) is 0 Å². The van der Waals surface area contributed by atoms with Crippen LogP contribution in [0.2, 0.25) is 0 Å². The molecule has 0 radical (unpaired) electrons. The Morgan fingerprint density at radius 3 is 2.95 bits per heavy atom. The molecule has 0 spiro atoms. The number of anilines is 1. The van der Waals surface area contributed by atoms with Gasteiger partial charge in [0.1, 0.15) is 5.69 Å². The largest absolute Gasteiger partial charge is 0.379 e. The van der Waals surface area contributed by atoms with Crippen LogP contribution >= 0.6 is 0 Å². The Bertz CT molecular complexity index is 490. The summed E-state index contributed by atoms with van der Waals surface area (Å²) in [5.41, 5.74) is 1.92. The normalized spacial score (nSPS) is 19.4. The van der Waals surface area contributed by atoms with Gasteiger partial charge in [0.2, 0.25) is 0 Å². The molecule has 0 bridgehead atoms. The number of hydrogen-bond donors (Lipinski definition) is 1. The summed E-state index contributed by atoms with van der Waals surface area (Å²) < 4.78 is 0. The van der Waals surface area contributed by atoms with E-state index in [1.54, 1.807) is 12.1 Å². The van der Waals surface area contributed by atoms with Crippen LogP contribution < -0.4 is 5.32 Å². The van der Waals surface area contributed by atoms with Crippen LogP contribution in [-0.4, -0.2) is 29.5 Å². The highest BCUT2D eigenvalue weighted by Gasteiger charge is 2.21. The molecule has 5 heteroatoms. The van der Waals surface area contributed by atoms with Crippen molar-refractivity contribution in [2.75, 3.05) is 25.0 Å². The molecular weight excluding hydrogens is 266 g/mol. The van der Waals surface area contributed by atoms with Gasteiger partial charge < -0.3 is 5.32 Å². The first-order valence-corrected chi connectivity index (χ1v) is 7.84. The Kier molecular flexibility index (Phi) is 5.56. The predicted octanol–water partition coefficient (Wildman–Crippen LogP) is 3.65. The lowest BCUT2D eigenvalue weighted by molar-refractivity contribution is -0.384. The van der Waals surface area contributed by atoms with Gasteiger partial charge in [-0.1, -0.05) is 26.0 Å². The molecule has 1 N–H and O–H groups in total. The maximum atomic E-state index is 11.2. The molecule has 1 saturated heterocycles. The highest BCUT2D eigenvalue weighted by molar-refractivity contribution is 5.66. The molecule has 1 heterocycles. The molecule has 116 valence electrons. The lowest BCUT2D eigenvalue weighted by atomic mass is 9.99. The van der Waals surface area contributed by atoms with Crippen LogP contribution in [0, 0.1) is 16.0 Å². The third-order valence-electron chi connectivity index (χ3n) is 4.01. The third kappa shape index (κ3) is 4.17. The zero-order chi connectivity index (χ0) is 15.2. The predicted molar refractivity (Wildman–Crippen MR) is 85.6 cm³/mol. The number of piperidine rings is 1. The number of para-hydroxylation sites is 1. The molecule has 1 aliphatic rings. The van der Waals surface area contributed by atoms with Crippen molar-refractivity contribution in [3.8, 4) is 0 Å². The first kappa shape index (κ1) is 15.8. The number of nitro groups is 1. The van der Waals surface area contributed by atoms with Crippen molar-refractivity contribution in [3.05, 3.63) is 33.9 Å². The summed E-state index contributed by atoms with van der Waals surface area (Å²) in [4.78, 5) is 13.3. The zero-order valence-electron chi connectivity index (χ0n) is 13.0. The smallest absolute Gasteiger partial charge is 0.292 e. The van der Waals surface area contributed by atoms with E-state index < -0.39 is 0 Å². The maximum Gasteiger partial charge on any atom is 0.292 e. The number of benzene rings is 1. The van der Waals surface area contributed by atoms with E-state index in [1.165, 1.54) is 12.8 Å². The van der Waals surface area contributed by atoms with Crippen molar-refractivity contribution in [1.29, 1.82) is 0 Å². The van der Waals surface area contributed by atoms with Crippen molar-refractivity contribution in [2.24, 2.45) is 5.92 Å². The SMILES string of the molecule is CCCNc1c(CN2CCCC(C)C2)cccc1[N+](=O)[O-]. The van der Waals surface area contributed by atoms with Gasteiger partial charge in [0.25, 0.3) is 5.69 Å². The Morgan fingerprint density at radius 1 is 1.48 bits per heavy atom. The Labute approximate surface area is 126 Å². The van der Waals surface area contributed by atoms with Crippen LogP contribution in [0.15, 0.2) is 18.2 Å². The second-order valence-corrected chi connectivity index (χ2v) is 5.98. The summed E-state index contributed by atoms with van der Waals surface area (Å²) in [6.07, 6.45) is 3.45. The Morgan fingerprint density at radius 2 is 2.29 bits per heavy atom. The molecule has 0 saturated carbocycles. The van der Waals surface area contributed by atoms with E-state index in [1.807, 2.05) is 6.07 Å². The second kappa shape index (κ2) is 7.41. The fourth-order valence-corrected chi connectivity index (χ4v) is 3.00. The minimum atomic E-state index is -0.291. The Balaban J connectivity index is 2.20. The second-order valence-electron chi connectivity index (χ2n) is 5.98. The van der Waals surface area contributed by atoms with E-state index in [2.05, 4.69) is 24.1 Å². The first-order chi connectivity index (χ1) is 10.1. The minimum absolute atomic E-state index is 0.186. The number of nitro benzene ring substituents is 1. The third-order valence-corrected chi connectivity index (χ3v) is 4.01. The van der Waals surface area contributed by atoms with E-state index in [-0.39, 0.29) is 10.6 Å². The minimum Gasteiger partial charge on any atom is -0.379 e. The first-order valence-electron chi connectivity index (χ1n) is 7.84. The van der Waals surface area contributed by atoms with E-state index in [4.69, 9.17) is 0 Å². The molecule has 1 aromatic carbocycles. The van der Waals surface area contributed by atoms with E-state index >= 15 is 0 Å². The van der Waals surface area contributed by atoms with Gasteiger partial charge in [-0.3, -0.25) is 15.0 Å². The summed E-state index contributed by atoms with van der Waals surface area (Å²) in [6, 6.07) is 5.38. The molecule has 1 unspecified atom stereocenters. The topological polar surface area (TPSA) is 58.4 Å². The van der Waals surface area contributed by atoms with E-state index in [0.717, 1.165) is 38.2 Å². The lowest BCUT2D eigenvalue weighted by Gasteiger charge is -2.31. The fraction of sp³-hybridized carbons (Fsp3) is 0.625. The van der Waals surface area contributed by atoms with Crippen molar-refractivity contribution >= 4 is 11.4 Å². The quantitative estimate of drug-likeness (QED) is 0.642. The molecule has 0 aliphatic carbocycles. The summed E-state index contributed by atoms with van der Waals surface area (Å²) in [5, 5.41) is 14.5. The average molecular weight is 291 g/mol. The monoisotopic (exact) mass is 291 g/mol. The molecular formula is C16H25N3O2. The molecule has 1 fully saturated rings. The van der Waals surface area contributed by atoms with E-state index in [0.29, 0.717) is 11.6 Å². The van der Waals surface area contributed by atoms with Gasteiger partial charge in [-0.15, -0.1) is 0 Å². The van der Waals surface area contributed by atoms with E-state index in [9.17, 15) is 10.1 Å². The van der Waals surface area contributed by atoms with Gasteiger partial charge in [-0.25, -0.2) is 0 Å². The number of nitrogens with one attached hydrogen (secondary N) is 1. The van der Waals surface area contributed by atoms with Gasteiger partial charge in [-0.05, 0) is 37.3 Å². The van der Waals surface area contributed by atoms with Crippen molar-refractivity contribution < 1.29 is 4.92 Å². The van der Waals surface area contributed by atoms with Crippen LogP contribution in [0.5, 0.6) is 0 Å². The molecule has 1 aromatic rings. The average Bonchev–Trinajstić information content (AvgIpc) is 2.45. The van der Waals surface area contributed by atoms with Gasteiger partial charge >= 0.3 is 0 Å². The van der Waals surface area contributed by atoms with Crippen LogP contribution in [0.1, 0.15) is 38.7 Å². The highest BCUT2D eigenvalue weighted by Crippen LogP contribution is 2.30. The zero-order valence-corrected chi connectivity index (χ0v) is 13.0. The van der Waals surface area contributed by atoms with Crippen LogP contribution in [0.4, 0.5) is 11.4 Å². The molecule has 1 aliphatic heterocycles. The molecule has 1 atom stereocenters. The summed E-state index contributed by atoms with van der Waals surface area (Å²) in [6.45, 7) is 8.05. The molecule has 2 rings (SSSR count). The van der Waals surface area contributed by atoms with Crippen molar-refractivity contribution in [1.82, 2.24) is 4.90 Å². The van der Waals surface area contributed by atoms with Gasteiger partial charge in [0.15, 0.2) is 0 Å². The fourth-order valence-electron chi connectivity index (χ4n) is 3.00. The highest BCUT2D eigenvalue weighted by atomic mass is 16.6. The standard InChI is InChI=1S/C16H25N3O2/c1-3-9-17-16-14(7-4-8-15(16)19(20)21)12-18-10-5-6-13(2)11-18/h4,7-8,13,17H,3,5-6,9-12H2,1-2H3. The van der Waals surface area contributed by atoms with Gasteiger partial charge in [0.05, 0.1) is 4.92 Å². The molecule has 21 heavy (non-hydrogen) atoms. The summed E-state index contributed by atoms with van der Waals surface area (Å²) in [5.74, 6) is 0.712. The molecule has 0 aromatic heterocycles. The van der Waals surface area contributed by atoms with Crippen LogP contribution in [0.25, 0.3) is 0 Å². The van der Waals surface area contributed by atoms with Crippen molar-refractivity contribution in [2.45, 2.75) is 39.7 Å².